The Labute approximate surface area is 203 Å². The normalized spacial score (nSPS) is 14.7. The molecule has 4 aromatic rings. The topological polar surface area (TPSA) is 88.2 Å². The Morgan fingerprint density at radius 3 is 2.38 bits per heavy atom. The Morgan fingerprint density at radius 2 is 1.65 bits per heavy atom. The van der Waals surface area contributed by atoms with Gasteiger partial charge in [-0.2, -0.15) is 0 Å². The van der Waals surface area contributed by atoms with Crippen LogP contribution < -0.4 is 10.0 Å². The molecule has 0 aliphatic heterocycles. The van der Waals surface area contributed by atoms with Gasteiger partial charge in [0, 0.05) is 5.56 Å². The Balaban J connectivity index is 1.30. The lowest BCUT2D eigenvalue weighted by Crippen LogP contribution is -2.13. The second-order valence-electron chi connectivity index (χ2n) is 8.53. The van der Waals surface area contributed by atoms with E-state index in [0.29, 0.717) is 27.8 Å². The van der Waals surface area contributed by atoms with Gasteiger partial charge in [0.1, 0.15) is 0 Å². The number of hydrogen-bond acceptors (Lipinski definition) is 5. The average Bonchev–Trinajstić information content (AvgIpc) is 3.26. The largest absolute Gasteiger partial charge is 0.298 e. The SMILES string of the molecule is O=C(Nc1nc2cc(NS(=O)(=O)c3ccc(C4CCCCC4)cc3)ccc2s1)c1ccccc1. The van der Waals surface area contributed by atoms with E-state index >= 15 is 0 Å². The number of nitrogens with zero attached hydrogens (tertiary/aromatic N) is 1. The highest BCUT2D eigenvalue weighted by molar-refractivity contribution is 7.92. The maximum atomic E-state index is 12.9. The van der Waals surface area contributed by atoms with Gasteiger partial charge in [-0.05, 0) is 66.8 Å². The van der Waals surface area contributed by atoms with Crippen LogP contribution in [0.25, 0.3) is 10.2 Å². The van der Waals surface area contributed by atoms with Crippen LogP contribution in [-0.4, -0.2) is 19.3 Å². The number of carbonyl (C=O) groups excluding carboxylic acids is 1. The van der Waals surface area contributed by atoms with E-state index in [-0.39, 0.29) is 10.8 Å². The molecule has 1 heterocycles. The molecule has 1 aromatic heterocycles. The number of nitrogens with one attached hydrogen (secondary N) is 2. The number of carbonyl (C=O) groups is 1. The summed E-state index contributed by atoms with van der Waals surface area (Å²) in [5.74, 6) is 0.291. The summed E-state index contributed by atoms with van der Waals surface area (Å²) >= 11 is 1.34. The van der Waals surface area contributed by atoms with Crippen molar-refractivity contribution in [3.63, 3.8) is 0 Å². The van der Waals surface area contributed by atoms with Crippen LogP contribution in [0.5, 0.6) is 0 Å². The molecule has 1 aliphatic rings. The summed E-state index contributed by atoms with van der Waals surface area (Å²) in [5, 5.41) is 3.26. The first-order valence-electron chi connectivity index (χ1n) is 11.4. The fraction of sp³-hybridized carbons (Fsp3) is 0.231. The van der Waals surface area contributed by atoms with Gasteiger partial charge in [-0.3, -0.25) is 14.8 Å². The molecule has 2 N–H and O–H groups in total. The zero-order valence-corrected chi connectivity index (χ0v) is 20.2. The second-order valence-corrected chi connectivity index (χ2v) is 11.2. The highest BCUT2D eigenvalue weighted by Crippen LogP contribution is 2.33. The van der Waals surface area contributed by atoms with Crippen LogP contribution in [0.1, 0.15) is 53.9 Å². The number of hydrogen-bond donors (Lipinski definition) is 2. The van der Waals surface area contributed by atoms with Crippen molar-refractivity contribution in [2.45, 2.75) is 42.9 Å². The standard InChI is InChI=1S/C26H25N3O3S2/c30-25(20-9-5-2-6-10-20)28-26-27-23-17-21(13-16-24(23)33-26)29-34(31,32)22-14-11-19(12-15-22)18-7-3-1-4-8-18/h2,5-6,9-18,29H,1,3-4,7-8H2,(H,27,28,30). The first-order chi connectivity index (χ1) is 16.5. The highest BCUT2D eigenvalue weighted by atomic mass is 32.2. The molecule has 1 fully saturated rings. The molecule has 3 aromatic carbocycles. The molecular formula is C26H25N3O3S2. The van der Waals surface area contributed by atoms with Crippen molar-refractivity contribution >= 4 is 48.3 Å². The van der Waals surface area contributed by atoms with Crippen LogP contribution in [0.2, 0.25) is 0 Å². The van der Waals surface area contributed by atoms with E-state index in [4.69, 9.17) is 0 Å². The van der Waals surface area contributed by atoms with Gasteiger partial charge in [-0.15, -0.1) is 0 Å². The zero-order valence-electron chi connectivity index (χ0n) is 18.5. The van der Waals surface area contributed by atoms with Crippen molar-refractivity contribution < 1.29 is 13.2 Å². The third-order valence-electron chi connectivity index (χ3n) is 6.16. The molecule has 0 spiro atoms. The highest BCUT2D eigenvalue weighted by Gasteiger charge is 2.19. The molecule has 0 radical (unpaired) electrons. The molecule has 34 heavy (non-hydrogen) atoms. The number of amides is 1. The van der Waals surface area contributed by atoms with Crippen molar-refractivity contribution in [1.82, 2.24) is 4.98 Å². The van der Waals surface area contributed by atoms with Gasteiger partial charge >= 0.3 is 0 Å². The van der Waals surface area contributed by atoms with Crippen LogP contribution in [-0.2, 0) is 10.0 Å². The van der Waals surface area contributed by atoms with Crippen molar-refractivity contribution in [1.29, 1.82) is 0 Å². The van der Waals surface area contributed by atoms with Crippen LogP contribution >= 0.6 is 11.3 Å². The van der Waals surface area contributed by atoms with Crippen LogP contribution in [0, 0.1) is 0 Å². The maximum Gasteiger partial charge on any atom is 0.261 e. The number of sulfonamides is 1. The molecule has 0 saturated heterocycles. The van der Waals surface area contributed by atoms with E-state index in [1.54, 1.807) is 54.6 Å². The Morgan fingerprint density at radius 1 is 0.912 bits per heavy atom. The fourth-order valence-electron chi connectivity index (χ4n) is 4.37. The summed E-state index contributed by atoms with van der Waals surface area (Å²) in [4.78, 5) is 17.1. The first-order valence-corrected chi connectivity index (χ1v) is 13.7. The summed E-state index contributed by atoms with van der Waals surface area (Å²) in [6.07, 6.45) is 6.11. The van der Waals surface area contributed by atoms with E-state index in [0.717, 1.165) is 4.70 Å². The molecule has 0 atom stereocenters. The molecule has 1 saturated carbocycles. The first kappa shape index (κ1) is 22.6. The molecule has 1 aliphatic carbocycles. The Bertz CT molecular complexity index is 1410. The van der Waals surface area contributed by atoms with Gasteiger partial charge in [0.2, 0.25) is 0 Å². The number of aromatic nitrogens is 1. The van der Waals surface area contributed by atoms with Gasteiger partial charge < -0.3 is 0 Å². The van der Waals surface area contributed by atoms with Crippen LogP contribution in [0.3, 0.4) is 0 Å². The molecule has 1 amide bonds. The summed E-state index contributed by atoms with van der Waals surface area (Å²) in [6.45, 7) is 0. The molecule has 5 rings (SSSR count). The van der Waals surface area contributed by atoms with Gasteiger partial charge in [-0.25, -0.2) is 13.4 Å². The van der Waals surface area contributed by atoms with E-state index in [1.807, 2.05) is 18.2 Å². The van der Waals surface area contributed by atoms with Gasteiger partial charge in [0.05, 0.1) is 20.8 Å². The minimum absolute atomic E-state index is 0.237. The molecule has 6 nitrogen and oxygen atoms in total. The lowest BCUT2D eigenvalue weighted by molar-refractivity contribution is 0.102. The fourth-order valence-corrected chi connectivity index (χ4v) is 6.26. The van der Waals surface area contributed by atoms with Crippen LogP contribution in [0.4, 0.5) is 10.8 Å². The average molecular weight is 492 g/mol. The van der Waals surface area contributed by atoms with E-state index in [1.165, 1.54) is 49.0 Å². The molecule has 0 bridgehead atoms. The van der Waals surface area contributed by atoms with Crippen LogP contribution in [0.15, 0.2) is 77.7 Å². The Hall–Kier alpha value is -3.23. The number of thiazole rings is 1. The Kier molecular flexibility index (Phi) is 6.34. The number of anilines is 2. The second kappa shape index (κ2) is 9.56. The van der Waals surface area contributed by atoms with Gasteiger partial charge in [-0.1, -0.05) is 60.9 Å². The summed E-state index contributed by atoms with van der Waals surface area (Å²) in [7, 11) is -3.72. The minimum Gasteiger partial charge on any atom is -0.298 e. The predicted molar refractivity (Wildman–Crippen MR) is 137 cm³/mol. The van der Waals surface area contributed by atoms with Gasteiger partial charge in [0.15, 0.2) is 5.13 Å². The summed E-state index contributed by atoms with van der Waals surface area (Å²) in [6, 6.07) is 21.4. The lowest BCUT2D eigenvalue weighted by Gasteiger charge is -2.22. The third-order valence-corrected chi connectivity index (χ3v) is 8.51. The van der Waals surface area contributed by atoms with E-state index in [2.05, 4.69) is 15.0 Å². The third kappa shape index (κ3) is 4.98. The van der Waals surface area contributed by atoms with Crippen molar-refractivity contribution in [2.75, 3.05) is 10.0 Å². The summed E-state index contributed by atoms with van der Waals surface area (Å²) in [5.41, 5.74) is 2.80. The smallest absolute Gasteiger partial charge is 0.261 e. The molecular weight excluding hydrogens is 466 g/mol. The number of rotatable bonds is 6. The van der Waals surface area contributed by atoms with Crippen molar-refractivity contribution in [3.8, 4) is 0 Å². The zero-order chi connectivity index (χ0) is 23.5. The van der Waals surface area contributed by atoms with Gasteiger partial charge in [0.25, 0.3) is 15.9 Å². The molecule has 8 heteroatoms. The van der Waals surface area contributed by atoms with Crippen molar-refractivity contribution in [3.05, 3.63) is 83.9 Å². The van der Waals surface area contributed by atoms with Crippen molar-refractivity contribution in [2.24, 2.45) is 0 Å². The van der Waals surface area contributed by atoms with E-state index in [9.17, 15) is 13.2 Å². The predicted octanol–water partition coefficient (Wildman–Crippen LogP) is 6.40. The maximum absolute atomic E-state index is 12.9. The minimum atomic E-state index is -3.72. The summed E-state index contributed by atoms with van der Waals surface area (Å²) < 4.78 is 29.4. The molecule has 0 unspecified atom stereocenters. The number of benzene rings is 3. The lowest BCUT2D eigenvalue weighted by atomic mass is 9.84. The quantitative estimate of drug-likeness (QED) is 0.327. The monoisotopic (exact) mass is 491 g/mol. The van der Waals surface area contributed by atoms with E-state index < -0.39 is 10.0 Å². The molecule has 174 valence electrons. The number of fused-ring (bicyclic) bond motifs is 1.